The average molecular weight is 256 g/mol. The van der Waals surface area contributed by atoms with Crippen LogP contribution in [0.2, 0.25) is 0 Å². The topological polar surface area (TPSA) is 68.3 Å². The summed E-state index contributed by atoms with van der Waals surface area (Å²) in [5.74, 6) is -0.632. The first kappa shape index (κ1) is 13.6. The highest BCUT2D eigenvalue weighted by molar-refractivity contribution is 7.17. The highest BCUT2D eigenvalue weighted by atomic mass is 32.1. The Balaban J connectivity index is 2.81. The van der Waals surface area contributed by atoms with E-state index < -0.39 is 5.97 Å². The molecule has 0 aromatic carbocycles. The molecule has 0 unspecified atom stereocenters. The molecule has 0 radical (unpaired) electrons. The first-order valence-electron chi connectivity index (χ1n) is 5.41. The Morgan fingerprint density at radius 1 is 1.47 bits per heavy atom. The Morgan fingerprint density at radius 3 is 2.65 bits per heavy atom. The van der Waals surface area contributed by atoms with Gasteiger partial charge in [0.1, 0.15) is 4.88 Å². The summed E-state index contributed by atoms with van der Waals surface area (Å²) in [7, 11) is 0. The lowest BCUT2D eigenvalue weighted by atomic mass is 10.2. The summed E-state index contributed by atoms with van der Waals surface area (Å²) in [6.07, 6.45) is 0. The lowest BCUT2D eigenvalue weighted by molar-refractivity contribution is -0.118. The number of anilines is 1. The second-order valence-corrected chi connectivity index (χ2v) is 4.80. The minimum Gasteiger partial charge on any atom is -0.462 e. The van der Waals surface area contributed by atoms with Crippen molar-refractivity contribution in [2.75, 3.05) is 11.9 Å². The Labute approximate surface area is 104 Å². The van der Waals surface area contributed by atoms with E-state index in [-0.39, 0.29) is 11.8 Å². The summed E-state index contributed by atoms with van der Waals surface area (Å²) in [5.41, 5.74) is 0.576. The molecule has 0 spiro atoms. The normalized spacial score (nSPS) is 10.4. The SMILES string of the molecule is CCOC(=O)c1sc(NC(=O)C(C)C)nc1C. The Morgan fingerprint density at radius 2 is 2.12 bits per heavy atom. The van der Waals surface area contributed by atoms with Crippen molar-refractivity contribution in [3.8, 4) is 0 Å². The van der Waals surface area contributed by atoms with Crippen molar-refractivity contribution in [1.29, 1.82) is 0 Å². The van der Waals surface area contributed by atoms with E-state index in [2.05, 4.69) is 10.3 Å². The zero-order valence-electron chi connectivity index (χ0n) is 10.4. The van der Waals surface area contributed by atoms with Crippen LogP contribution in [-0.4, -0.2) is 23.5 Å². The number of rotatable bonds is 4. The maximum atomic E-state index is 11.5. The Kier molecular flexibility index (Phi) is 4.62. The standard InChI is InChI=1S/C11H16N2O3S/c1-5-16-10(15)8-7(4)12-11(17-8)13-9(14)6(2)3/h6H,5H2,1-4H3,(H,12,13,14). The molecule has 1 rings (SSSR count). The van der Waals surface area contributed by atoms with Crippen LogP contribution in [0.15, 0.2) is 0 Å². The lowest BCUT2D eigenvalue weighted by Crippen LogP contribution is -2.17. The van der Waals surface area contributed by atoms with Gasteiger partial charge < -0.3 is 10.1 Å². The summed E-state index contributed by atoms with van der Waals surface area (Å²) in [5, 5.41) is 3.09. The van der Waals surface area contributed by atoms with E-state index >= 15 is 0 Å². The number of hydrogen-bond acceptors (Lipinski definition) is 5. The van der Waals surface area contributed by atoms with Crippen molar-refractivity contribution < 1.29 is 14.3 Å². The van der Waals surface area contributed by atoms with Gasteiger partial charge in [0.15, 0.2) is 5.13 Å². The maximum absolute atomic E-state index is 11.5. The molecule has 1 amide bonds. The highest BCUT2D eigenvalue weighted by Crippen LogP contribution is 2.23. The van der Waals surface area contributed by atoms with Gasteiger partial charge in [-0.15, -0.1) is 0 Å². The fourth-order valence-electron chi connectivity index (χ4n) is 1.09. The molecule has 94 valence electrons. The number of aryl methyl sites for hydroxylation is 1. The monoisotopic (exact) mass is 256 g/mol. The van der Waals surface area contributed by atoms with Gasteiger partial charge in [0, 0.05) is 5.92 Å². The molecule has 0 fully saturated rings. The molecule has 5 nitrogen and oxygen atoms in total. The average Bonchev–Trinajstić information content (AvgIpc) is 2.59. The fourth-order valence-corrected chi connectivity index (χ4v) is 1.95. The molecule has 1 N–H and O–H groups in total. The van der Waals surface area contributed by atoms with Crippen LogP contribution in [0.5, 0.6) is 0 Å². The van der Waals surface area contributed by atoms with Gasteiger partial charge in [-0.3, -0.25) is 4.79 Å². The van der Waals surface area contributed by atoms with Crippen molar-refractivity contribution in [1.82, 2.24) is 4.98 Å². The molecule has 1 heterocycles. The number of ether oxygens (including phenoxy) is 1. The molecule has 0 saturated heterocycles. The molecule has 0 aliphatic rings. The molecule has 0 aliphatic carbocycles. The van der Waals surface area contributed by atoms with E-state index in [0.29, 0.717) is 22.3 Å². The molecule has 0 saturated carbocycles. The number of amides is 1. The van der Waals surface area contributed by atoms with Gasteiger partial charge in [-0.2, -0.15) is 0 Å². The van der Waals surface area contributed by atoms with Crippen molar-refractivity contribution >= 4 is 28.3 Å². The van der Waals surface area contributed by atoms with Crippen LogP contribution in [0.3, 0.4) is 0 Å². The lowest BCUT2D eigenvalue weighted by Gasteiger charge is -2.02. The highest BCUT2D eigenvalue weighted by Gasteiger charge is 2.18. The fraction of sp³-hybridized carbons (Fsp3) is 0.545. The number of carbonyl (C=O) groups is 2. The van der Waals surface area contributed by atoms with Crippen molar-refractivity contribution in [3.05, 3.63) is 10.6 Å². The van der Waals surface area contributed by atoms with Crippen LogP contribution < -0.4 is 5.32 Å². The van der Waals surface area contributed by atoms with Gasteiger partial charge in [0.2, 0.25) is 5.91 Å². The predicted molar refractivity (Wildman–Crippen MR) is 66.3 cm³/mol. The quantitative estimate of drug-likeness (QED) is 0.839. The zero-order chi connectivity index (χ0) is 13.0. The molecule has 17 heavy (non-hydrogen) atoms. The smallest absolute Gasteiger partial charge is 0.350 e. The van der Waals surface area contributed by atoms with E-state index in [1.165, 1.54) is 0 Å². The first-order valence-corrected chi connectivity index (χ1v) is 6.22. The van der Waals surface area contributed by atoms with Crippen LogP contribution in [0.25, 0.3) is 0 Å². The van der Waals surface area contributed by atoms with Crippen molar-refractivity contribution in [3.63, 3.8) is 0 Å². The number of aromatic nitrogens is 1. The zero-order valence-corrected chi connectivity index (χ0v) is 11.2. The molecule has 6 heteroatoms. The number of carbonyl (C=O) groups excluding carboxylic acids is 2. The third kappa shape index (κ3) is 3.52. The summed E-state index contributed by atoms with van der Waals surface area (Å²) in [4.78, 5) is 27.6. The van der Waals surface area contributed by atoms with E-state index in [1.54, 1.807) is 27.7 Å². The maximum Gasteiger partial charge on any atom is 0.350 e. The van der Waals surface area contributed by atoms with E-state index in [0.717, 1.165) is 11.3 Å². The summed E-state index contributed by atoms with van der Waals surface area (Å²) in [6, 6.07) is 0. The molecular weight excluding hydrogens is 240 g/mol. The molecule has 1 aromatic rings. The van der Waals surface area contributed by atoms with Crippen molar-refractivity contribution in [2.45, 2.75) is 27.7 Å². The van der Waals surface area contributed by atoms with E-state index in [4.69, 9.17) is 4.74 Å². The minimum absolute atomic E-state index is 0.117. The predicted octanol–water partition coefficient (Wildman–Crippen LogP) is 2.22. The van der Waals surface area contributed by atoms with Crippen molar-refractivity contribution in [2.24, 2.45) is 5.92 Å². The number of nitrogens with zero attached hydrogens (tertiary/aromatic N) is 1. The molecule has 0 aliphatic heterocycles. The number of hydrogen-bond donors (Lipinski definition) is 1. The second kappa shape index (κ2) is 5.77. The van der Waals surface area contributed by atoms with Gasteiger partial charge in [-0.05, 0) is 13.8 Å². The molecular formula is C11H16N2O3S. The summed E-state index contributed by atoms with van der Waals surface area (Å²) in [6.45, 7) is 7.37. The summed E-state index contributed by atoms with van der Waals surface area (Å²) >= 11 is 1.14. The molecule has 0 atom stereocenters. The van der Waals surface area contributed by atoms with Gasteiger partial charge in [0.25, 0.3) is 0 Å². The Bertz CT molecular complexity index is 426. The van der Waals surface area contributed by atoms with Gasteiger partial charge in [0.05, 0.1) is 12.3 Å². The van der Waals surface area contributed by atoms with Gasteiger partial charge in [-0.25, -0.2) is 9.78 Å². The van der Waals surface area contributed by atoms with E-state index in [9.17, 15) is 9.59 Å². The molecule has 1 aromatic heterocycles. The third-order valence-corrected chi connectivity index (χ3v) is 3.06. The first-order chi connectivity index (χ1) is 7.95. The number of esters is 1. The van der Waals surface area contributed by atoms with Crippen LogP contribution in [0, 0.1) is 12.8 Å². The Hall–Kier alpha value is -1.43. The largest absolute Gasteiger partial charge is 0.462 e. The number of thiazole rings is 1. The molecule has 0 bridgehead atoms. The summed E-state index contributed by atoms with van der Waals surface area (Å²) < 4.78 is 4.89. The van der Waals surface area contributed by atoms with Crippen LogP contribution >= 0.6 is 11.3 Å². The van der Waals surface area contributed by atoms with Gasteiger partial charge >= 0.3 is 5.97 Å². The number of nitrogens with one attached hydrogen (secondary N) is 1. The van der Waals surface area contributed by atoms with Gasteiger partial charge in [-0.1, -0.05) is 25.2 Å². The minimum atomic E-state index is -0.396. The van der Waals surface area contributed by atoms with E-state index in [1.807, 2.05) is 0 Å². The van der Waals surface area contributed by atoms with Crippen LogP contribution in [0.1, 0.15) is 36.1 Å². The van der Waals surface area contributed by atoms with Crippen LogP contribution in [-0.2, 0) is 9.53 Å². The third-order valence-electron chi connectivity index (χ3n) is 2.01. The second-order valence-electron chi connectivity index (χ2n) is 3.80. The van der Waals surface area contributed by atoms with Crippen LogP contribution in [0.4, 0.5) is 5.13 Å².